The number of benzene rings is 1. The highest BCUT2D eigenvalue weighted by atomic mass is 19.3. The number of pyridine rings is 1. The van der Waals surface area contributed by atoms with Crippen LogP contribution in [-0.4, -0.2) is 49.0 Å². The third kappa shape index (κ3) is 5.56. The molecule has 1 aromatic carbocycles. The molecule has 2 saturated heterocycles. The van der Waals surface area contributed by atoms with Crippen LogP contribution in [0.5, 0.6) is 5.75 Å². The Bertz CT molecular complexity index is 925. The summed E-state index contributed by atoms with van der Waals surface area (Å²) in [6.07, 6.45) is 1.26. The second-order valence-corrected chi connectivity index (χ2v) is 9.05. The second-order valence-electron chi connectivity index (χ2n) is 9.05. The van der Waals surface area contributed by atoms with E-state index in [2.05, 4.69) is 11.8 Å². The Balaban J connectivity index is 1.33. The molecule has 2 aromatic rings. The number of rotatable bonds is 7. The van der Waals surface area contributed by atoms with Gasteiger partial charge in [-0.1, -0.05) is 25.1 Å². The van der Waals surface area contributed by atoms with Crippen LogP contribution >= 0.6 is 0 Å². The summed E-state index contributed by atoms with van der Waals surface area (Å²) in [6, 6.07) is 13.8. The molecule has 0 spiro atoms. The van der Waals surface area contributed by atoms with Crippen molar-refractivity contribution in [2.75, 3.05) is 36.0 Å². The van der Waals surface area contributed by atoms with Crippen LogP contribution in [0, 0.1) is 0 Å². The van der Waals surface area contributed by atoms with E-state index in [4.69, 9.17) is 9.72 Å². The number of hydrogen-bond donors (Lipinski definition) is 0. The molecule has 32 heavy (non-hydrogen) atoms. The van der Waals surface area contributed by atoms with E-state index in [0.29, 0.717) is 19.5 Å². The van der Waals surface area contributed by atoms with Gasteiger partial charge in [-0.3, -0.25) is 0 Å². The van der Waals surface area contributed by atoms with Crippen LogP contribution in [0.3, 0.4) is 0 Å². The maximum atomic E-state index is 13.5. The Kier molecular flexibility index (Phi) is 6.63. The fourth-order valence-corrected chi connectivity index (χ4v) is 4.48. The summed E-state index contributed by atoms with van der Waals surface area (Å²) in [4.78, 5) is 20.2. The lowest BCUT2D eigenvalue weighted by Gasteiger charge is -2.33. The van der Waals surface area contributed by atoms with Crippen LogP contribution in [0.2, 0.25) is 0 Å². The van der Waals surface area contributed by atoms with Crippen LogP contribution in [0.1, 0.15) is 51.0 Å². The molecule has 2 aliphatic heterocycles. The zero-order valence-corrected chi connectivity index (χ0v) is 18.8. The first-order valence-corrected chi connectivity index (χ1v) is 11.4. The molecule has 0 saturated carbocycles. The summed E-state index contributed by atoms with van der Waals surface area (Å²) < 4.78 is 33.1. The summed E-state index contributed by atoms with van der Waals surface area (Å²) >= 11 is 0. The fourth-order valence-electron chi connectivity index (χ4n) is 4.48. The van der Waals surface area contributed by atoms with Crippen molar-refractivity contribution in [1.82, 2.24) is 4.98 Å². The van der Waals surface area contributed by atoms with Crippen LogP contribution < -0.4 is 14.5 Å². The molecule has 0 N–H and O–H groups in total. The van der Waals surface area contributed by atoms with Gasteiger partial charge in [0.15, 0.2) is 0 Å². The minimum atomic E-state index is -2.56. The second kappa shape index (κ2) is 9.43. The van der Waals surface area contributed by atoms with Crippen LogP contribution in [0.15, 0.2) is 42.5 Å². The largest absolute Gasteiger partial charge is 0.489 e. The van der Waals surface area contributed by atoms with Gasteiger partial charge in [0, 0.05) is 45.3 Å². The molecule has 4 rings (SSSR count). The summed E-state index contributed by atoms with van der Waals surface area (Å²) in [7, 11) is 0. The third-order valence-corrected chi connectivity index (χ3v) is 6.35. The van der Waals surface area contributed by atoms with Crippen LogP contribution in [-0.2, 0) is 4.79 Å². The van der Waals surface area contributed by atoms with Gasteiger partial charge >= 0.3 is 0 Å². The summed E-state index contributed by atoms with van der Waals surface area (Å²) in [5.74, 6) is 0.286. The molecule has 0 amide bonds. The summed E-state index contributed by atoms with van der Waals surface area (Å²) in [5, 5.41) is 0. The molecule has 2 fully saturated rings. The van der Waals surface area contributed by atoms with E-state index in [-0.39, 0.29) is 30.6 Å². The van der Waals surface area contributed by atoms with Gasteiger partial charge in [0.1, 0.15) is 29.3 Å². The lowest BCUT2D eigenvalue weighted by atomic mass is 9.96. The first kappa shape index (κ1) is 22.5. The SMILES string of the molecule is CC(=O)C[C@@H](C)c1ccc(O[C@@H]2CCN(c3cccc(N4CCC(F)(F)CC4)n3)C2)cc1. The van der Waals surface area contributed by atoms with Crippen molar-refractivity contribution < 1.29 is 18.3 Å². The van der Waals surface area contributed by atoms with E-state index in [9.17, 15) is 13.6 Å². The van der Waals surface area contributed by atoms with Gasteiger partial charge in [-0.2, -0.15) is 0 Å². The first-order chi connectivity index (χ1) is 15.3. The van der Waals surface area contributed by atoms with Crippen molar-refractivity contribution in [3.05, 3.63) is 48.0 Å². The Labute approximate surface area is 188 Å². The van der Waals surface area contributed by atoms with Crippen molar-refractivity contribution in [2.45, 2.75) is 57.5 Å². The van der Waals surface area contributed by atoms with E-state index >= 15 is 0 Å². The Morgan fingerprint density at radius 3 is 2.41 bits per heavy atom. The number of ketones is 1. The molecule has 1 aromatic heterocycles. The van der Waals surface area contributed by atoms with Crippen molar-refractivity contribution in [2.24, 2.45) is 0 Å². The highest BCUT2D eigenvalue weighted by molar-refractivity contribution is 5.76. The topological polar surface area (TPSA) is 45.7 Å². The highest BCUT2D eigenvalue weighted by Crippen LogP contribution is 2.31. The predicted molar refractivity (Wildman–Crippen MR) is 122 cm³/mol. The summed E-state index contributed by atoms with van der Waals surface area (Å²) in [6.45, 7) is 5.91. The standard InChI is InChI=1S/C25H31F2N3O2/c1-18(16-19(2)31)20-6-8-21(9-7-20)32-22-10-13-30(17-22)24-5-3-4-23(28-24)29-14-11-25(26,27)12-15-29/h3-9,18,22H,10-17H2,1-2H3/t18-,22-/m1/s1. The number of carbonyl (C=O) groups is 1. The Morgan fingerprint density at radius 1 is 1.09 bits per heavy atom. The quantitative estimate of drug-likeness (QED) is 0.599. The van der Waals surface area contributed by atoms with Gasteiger partial charge in [0.2, 0.25) is 0 Å². The van der Waals surface area contributed by atoms with Gasteiger partial charge in [-0.05, 0) is 42.7 Å². The number of carbonyl (C=O) groups excluding carboxylic acids is 1. The van der Waals surface area contributed by atoms with Crippen LogP contribution in [0.4, 0.5) is 20.4 Å². The van der Waals surface area contributed by atoms with E-state index < -0.39 is 5.92 Å². The van der Waals surface area contributed by atoms with E-state index in [1.54, 1.807) is 6.92 Å². The smallest absolute Gasteiger partial charge is 0.251 e. The first-order valence-electron chi connectivity index (χ1n) is 11.4. The van der Waals surface area contributed by atoms with Gasteiger partial charge < -0.3 is 19.3 Å². The van der Waals surface area contributed by atoms with Crippen molar-refractivity contribution in [1.29, 1.82) is 0 Å². The molecule has 0 radical (unpaired) electrons. The number of anilines is 2. The van der Waals surface area contributed by atoms with Crippen molar-refractivity contribution in [3.63, 3.8) is 0 Å². The number of ether oxygens (including phenoxy) is 1. The number of hydrogen-bond acceptors (Lipinski definition) is 5. The van der Waals surface area contributed by atoms with E-state index in [1.165, 1.54) is 0 Å². The van der Waals surface area contributed by atoms with Gasteiger partial charge in [-0.25, -0.2) is 13.8 Å². The maximum Gasteiger partial charge on any atom is 0.251 e. The molecule has 0 bridgehead atoms. The molecule has 172 valence electrons. The zero-order chi connectivity index (χ0) is 22.7. The molecule has 2 atom stereocenters. The van der Waals surface area contributed by atoms with Crippen molar-refractivity contribution >= 4 is 17.4 Å². The molecular weight excluding hydrogens is 412 g/mol. The van der Waals surface area contributed by atoms with Gasteiger partial charge in [0.25, 0.3) is 5.92 Å². The fraction of sp³-hybridized carbons (Fsp3) is 0.520. The molecular formula is C25H31F2N3O2. The number of nitrogens with zero attached hydrogens (tertiary/aromatic N) is 3. The third-order valence-electron chi connectivity index (χ3n) is 6.35. The molecule has 5 nitrogen and oxygen atoms in total. The zero-order valence-electron chi connectivity index (χ0n) is 18.8. The normalized spacial score (nSPS) is 21.4. The lowest BCUT2D eigenvalue weighted by Crippen LogP contribution is -2.39. The highest BCUT2D eigenvalue weighted by Gasteiger charge is 2.34. The minimum Gasteiger partial charge on any atom is -0.489 e. The lowest BCUT2D eigenvalue weighted by molar-refractivity contribution is -0.117. The van der Waals surface area contributed by atoms with Gasteiger partial charge in [0.05, 0.1) is 6.54 Å². The number of Topliss-reactive ketones (excluding diaryl/α,β-unsaturated/α-hetero) is 1. The number of alkyl halides is 2. The number of piperidine rings is 1. The van der Waals surface area contributed by atoms with Gasteiger partial charge in [-0.15, -0.1) is 0 Å². The molecule has 0 aliphatic carbocycles. The average molecular weight is 444 g/mol. The average Bonchev–Trinajstić information content (AvgIpc) is 3.22. The minimum absolute atomic E-state index is 0.0645. The van der Waals surface area contributed by atoms with E-state index in [0.717, 1.165) is 42.5 Å². The molecule has 0 unspecified atom stereocenters. The number of aromatic nitrogens is 1. The molecule has 3 heterocycles. The monoisotopic (exact) mass is 443 g/mol. The number of halogens is 2. The Hall–Kier alpha value is -2.70. The predicted octanol–water partition coefficient (Wildman–Crippen LogP) is 5.06. The van der Waals surface area contributed by atoms with Crippen molar-refractivity contribution in [3.8, 4) is 5.75 Å². The molecule has 7 heteroatoms. The Morgan fingerprint density at radius 2 is 1.75 bits per heavy atom. The summed E-state index contributed by atoms with van der Waals surface area (Å²) in [5.41, 5.74) is 1.14. The van der Waals surface area contributed by atoms with Crippen LogP contribution in [0.25, 0.3) is 0 Å². The molecule has 2 aliphatic rings. The maximum absolute atomic E-state index is 13.5. The van der Waals surface area contributed by atoms with E-state index in [1.807, 2.05) is 47.4 Å².